The van der Waals surface area contributed by atoms with Crippen molar-refractivity contribution in [1.29, 1.82) is 0 Å². The normalized spacial score (nSPS) is 42.8. The number of nitrogens with one attached hydrogen (secondary N) is 2. The highest BCUT2D eigenvalue weighted by Crippen LogP contribution is 2.58. The molecule has 0 aromatic heterocycles. The summed E-state index contributed by atoms with van der Waals surface area (Å²) in [6.07, 6.45) is 10.3. The number of hydrogen-bond donors (Lipinski definition) is 2. The van der Waals surface area contributed by atoms with E-state index in [1.165, 1.54) is 44.9 Å². The second kappa shape index (κ2) is 7.31. The van der Waals surface area contributed by atoms with Crippen LogP contribution in [0.15, 0.2) is 0 Å². The average molecular weight is 341 g/mol. The number of carbonyl (C=O) groups excluding carboxylic acids is 1. The van der Waals surface area contributed by atoms with Gasteiger partial charge in [0.05, 0.1) is 0 Å². The minimum absolute atomic E-state index is 0. The summed E-state index contributed by atoms with van der Waals surface area (Å²) in [7, 11) is 0. The lowest BCUT2D eigenvalue weighted by molar-refractivity contribution is -0.123. The molecule has 7 unspecified atom stereocenters. The van der Waals surface area contributed by atoms with Crippen LogP contribution in [-0.2, 0) is 4.79 Å². The van der Waals surface area contributed by atoms with E-state index in [1.807, 2.05) is 0 Å². The van der Waals surface area contributed by atoms with Gasteiger partial charge in [-0.3, -0.25) is 4.79 Å². The number of piperidine rings is 1. The fraction of sp³-hybridized carbons (Fsp3) is 0.947. The molecule has 0 aromatic rings. The van der Waals surface area contributed by atoms with Crippen LogP contribution in [0, 0.1) is 35.5 Å². The van der Waals surface area contributed by atoms with E-state index in [0.717, 1.165) is 43.2 Å². The summed E-state index contributed by atoms with van der Waals surface area (Å²) in [5.41, 5.74) is 0. The Morgan fingerprint density at radius 3 is 2.74 bits per heavy atom. The maximum atomic E-state index is 12.5. The maximum Gasteiger partial charge on any atom is 0.220 e. The van der Waals surface area contributed by atoms with Gasteiger partial charge in [-0.1, -0.05) is 13.3 Å². The molecule has 0 spiro atoms. The molecule has 4 rings (SSSR count). The van der Waals surface area contributed by atoms with Crippen molar-refractivity contribution >= 4 is 18.3 Å². The van der Waals surface area contributed by atoms with E-state index in [9.17, 15) is 4.79 Å². The first-order valence-corrected chi connectivity index (χ1v) is 9.72. The molecule has 4 aliphatic rings. The fourth-order valence-corrected chi connectivity index (χ4v) is 6.32. The van der Waals surface area contributed by atoms with Crippen LogP contribution in [0.3, 0.4) is 0 Å². The molecule has 0 radical (unpaired) electrons. The molecule has 1 heterocycles. The summed E-state index contributed by atoms with van der Waals surface area (Å²) >= 11 is 0. The summed E-state index contributed by atoms with van der Waals surface area (Å²) in [6.45, 7) is 4.53. The van der Waals surface area contributed by atoms with Crippen LogP contribution in [0.1, 0.15) is 58.3 Å². The molecule has 4 heteroatoms. The zero-order chi connectivity index (χ0) is 15.1. The van der Waals surface area contributed by atoms with E-state index in [2.05, 4.69) is 17.6 Å². The van der Waals surface area contributed by atoms with E-state index < -0.39 is 0 Å². The molecular formula is C19H33ClN2O. The van der Waals surface area contributed by atoms with Gasteiger partial charge in [-0.25, -0.2) is 0 Å². The van der Waals surface area contributed by atoms with Gasteiger partial charge in [0.25, 0.3) is 0 Å². The van der Waals surface area contributed by atoms with Gasteiger partial charge in [-0.05, 0) is 87.1 Å². The van der Waals surface area contributed by atoms with Gasteiger partial charge in [-0.2, -0.15) is 0 Å². The zero-order valence-corrected chi connectivity index (χ0v) is 15.2. The van der Waals surface area contributed by atoms with Crippen molar-refractivity contribution in [3.8, 4) is 0 Å². The Bertz CT molecular complexity index is 424. The molecule has 1 aliphatic heterocycles. The Hall–Kier alpha value is -0.280. The Kier molecular flexibility index (Phi) is 5.57. The van der Waals surface area contributed by atoms with Gasteiger partial charge < -0.3 is 10.6 Å². The second-order valence-corrected chi connectivity index (χ2v) is 8.62. The minimum atomic E-state index is 0. The van der Waals surface area contributed by atoms with Crippen molar-refractivity contribution in [2.75, 3.05) is 13.1 Å². The molecule has 1 amide bonds. The van der Waals surface area contributed by atoms with Crippen molar-refractivity contribution < 1.29 is 4.79 Å². The lowest BCUT2D eigenvalue weighted by Gasteiger charge is -2.33. The lowest BCUT2D eigenvalue weighted by Crippen LogP contribution is -2.43. The predicted molar refractivity (Wildman–Crippen MR) is 95.6 cm³/mol. The molecule has 23 heavy (non-hydrogen) atoms. The van der Waals surface area contributed by atoms with Crippen LogP contribution < -0.4 is 10.6 Å². The Labute approximate surface area is 147 Å². The van der Waals surface area contributed by atoms with Gasteiger partial charge >= 0.3 is 0 Å². The highest BCUT2D eigenvalue weighted by atomic mass is 35.5. The standard InChI is InChI=1S/C19H32N2O.ClH/c1-12(13-4-3-7-20-11-13)8-19(22)21-18-10-14-9-17(18)16-6-2-5-15(14)16;/h12-18,20H,2-11H2,1H3,(H,21,22);1H. The molecule has 3 nitrogen and oxygen atoms in total. The Balaban J connectivity index is 0.00000156. The Morgan fingerprint density at radius 1 is 1.13 bits per heavy atom. The molecule has 3 saturated carbocycles. The number of amides is 1. The third-order valence-electron chi connectivity index (χ3n) is 7.42. The fourth-order valence-electron chi connectivity index (χ4n) is 6.32. The second-order valence-electron chi connectivity index (χ2n) is 8.62. The number of halogens is 1. The maximum absolute atomic E-state index is 12.5. The van der Waals surface area contributed by atoms with Crippen molar-refractivity contribution in [3.63, 3.8) is 0 Å². The van der Waals surface area contributed by atoms with E-state index >= 15 is 0 Å². The van der Waals surface area contributed by atoms with E-state index in [1.54, 1.807) is 0 Å². The summed E-state index contributed by atoms with van der Waals surface area (Å²) in [5.74, 6) is 5.25. The van der Waals surface area contributed by atoms with Crippen molar-refractivity contribution in [3.05, 3.63) is 0 Å². The first-order chi connectivity index (χ1) is 10.7. The molecule has 4 fully saturated rings. The van der Waals surface area contributed by atoms with E-state index in [-0.39, 0.29) is 12.4 Å². The zero-order valence-electron chi connectivity index (χ0n) is 14.4. The SMILES string of the molecule is CC(CC(=O)NC1CC2CC1C1CCCC21)C1CCCNC1.Cl. The summed E-state index contributed by atoms with van der Waals surface area (Å²) in [6, 6.07) is 0.508. The first kappa shape index (κ1) is 17.5. The molecule has 7 atom stereocenters. The molecule has 2 N–H and O–H groups in total. The average Bonchev–Trinajstić information content (AvgIpc) is 3.20. The topological polar surface area (TPSA) is 41.1 Å². The number of fused-ring (bicyclic) bond motifs is 5. The van der Waals surface area contributed by atoms with Crippen LogP contribution in [-0.4, -0.2) is 25.0 Å². The van der Waals surface area contributed by atoms with E-state index in [0.29, 0.717) is 23.8 Å². The van der Waals surface area contributed by atoms with Gasteiger partial charge in [0.1, 0.15) is 0 Å². The largest absolute Gasteiger partial charge is 0.353 e. The molecule has 132 valence electrons. The number of hydrogen-bond acceptors (Lipinski definition) is 2. The van der Waals surface area contributed by atoms with Crippen LogP contribution >= 0.6 is 12.4 Å². The monoisotopic (exact) mass is 340 g/mol. The lowest BCUT2D eigenvalue weighted by atomic mass is 9.79. The van der Waals surface area contributed by atoms with Crippen molar-refractivity contribution in [2.45, 2.75) is 64.3 Å². The van der Waals surface area contributed by atoms with Crippen molar-refractivity contribution in [2.24, 2.45) is 35.5 Å². The third kappa shape index (κ3) is 3.42. The minimum Gasteiger partial charge on any atom is -0.353 e. The van der Waals surface area contributed by atoms with Crippen molar-refractivity contribution in [1.82, 2.24) is 10.6 Å². The molecule has 1 saturated heterocycles. The highest BCUT2D eigenvalue weighted by molar-refractivity contribution is 5.85. The van der Waals surface area contributed by atoms with Gasteiger partial charge in [0.15, 0.2) is 0 Å². The van der Waals surface area contributed by atoms with Crippen LogP contribution in [0.5, 0.6) is 0 Å². The van der Waals surface area contributed by atoms with Gasteiger partial charge in [0, 0.05) is 12.5 Å². The van der Waals surface area contributed by atoms with Gasteiger partial charge in [-0.15, -0.1) is 12.4 Å². The first-order valence-electron chi connectivity index (χ1n) is 9.72. The number of carbonyl (C=O) groups is 1. The van der Waals surface area contributed by atoms with Crippen LogP contribution in [0.25, 0.3) is 0 Å². The third-order valence-corrected chi connectivity index (χ3v) is 7.42. The smallest absolute Gasteiger partial charge is 0.220 e. The quantitative estimate of drug-likeness (QED) is 0.823. The number of rotatable bonds is 4. The molecule has 3 aliphatic carbocycles. The van der Waals surface area contributed by atoms with Crippen LogP contribution in [0.2, 0.25) is 0 Å². The van der Waals surface area contributed by atoms with E-state index in [4.69, 9.17) is 0 Å². The summed E-state index contributed by atoms with van der Waals surface area (Å²) in [5, 5.41) is 6.91. The molecule has 2 bridgehead atoms. The summed E-state index contributed by atoms with van der Waals surface area (Å²) < 4.78 is 0. The predicted octanol–water partition coefficient (Wildman–Crippen LogP) is 3.37. The molecule has 0 aromatic carbocycles. The highest BCUT2D eigenvalue weighted by Gasteiger charge is 2.54. The Morgan fingerprint density at radius 2 is 1.96 bits per heavy atom. The molecular weight excluding hydrogens is 308 g/mol. The summed E-state index contributed by atoms with van der Waals surface area (Å²) in [4.78, 5) is 12.5. The van der Waals surface area contributed by atoms with Crippen LogP contribution in [0.4, 0.5) is 0 Å². The van der Waals surface area contributed by atoms with Gasteiger partial charge in [0.2, 0.25) is 5.91 Å².